The molecule has 0 radical (unpaired) electrons. The summed E-state index contributed by atoms with van der Waals surface area (Å²) in [6.07, 6.45) is 2.01. The average molecular weight is 265 g/mol. The molecule has 1 aromatic carbocycles. The smallest absolute Gasteiger partial charge is 0.303 e. The van der Waals surface area contributed by atoms with E-state index in [1.165, 1.54) is 0 Å². The first-order valence-corrected chi connectivity index (χ1v) is 6.79. The van der Waals surface area contributed by atoms with Gasteiger partial charge in [0.1, 0.15) is 12.4 Å². The Morgan fingerprint density at radius 2 is 2.00 bits per heavy atom. The van der Waals surface area contributed by atoms with Crippen molar-refractivity contribution in [2.75, 3.05) is 19.7 Å². The molecule has 4 nitrogen and oxygen atoms in total. The summed E-state index contributed by atoms with van der Waals surface area (Å²) < 4.78 is 5.55. The summed E-state index contributed by atoms with van der Waals surface area (Å²) in [6, 6.07) is 9.74. The van der Waals surface area contributed by atoms with E-state index in [0.717, 1.165) is 31.7 Å². The molecule has 106 valence electrons. The number of hydrogen-bond donors (Lipinski definition) is 2. The van der Waals surface area contributed by atoms with Crippen molar-refractivity contribution in [1.29, 1.82) is 0 Å². The Labute approximate surface area is 114 Å². The summed E-state index contributed by atoms with van der Waals surface area (Å²) in [5.41, 5.74) is 0. The van der Waals surface area contributed by atoms with Crippen LogP contribution >= 0.6 is 0 Å². The van der Waals surface area contributed by atoms with E-state index in [1.54, 1.807) is 0 Å². The maximum absolute atomic E-state index is 10.4. The molecule has 1 rings (SSSR count). The molecule has 0 aliphatic heterocycles. The Morgan fingerprint density at radius 3 is 2.68 bits per heavy atom. The van der Waals surface area contributed by atoms with Crippen LogP contribution in [-0.2, 0) is 4.79 Å². The van der Waals surface area contributed by atoms with Gasteiger partial charge in [-0.15, -0.1) is 0 Å². The van der Waals surface area contributed by atoms with Crippen LogP contribution in [0.25, 0.3) is 0 Å². The average Bonchev–Trinajstić information content (AvgIpc) is 2.41. The van der Waals surface area contributed by atoms with Crippen molar-refractivity contribution in [3.63, 3.8) is 0 Å². The van der Waals surface area contributed by atoms with Crippen LogP contribution in [0.3, 0.4) is 0 Å². The number of aliphatic carboxylic acids is 1. The zero-order valence-electron chi connectivity index (χ0n) is 11.5. The zero-order chi connectivity index (χ0) is 13.9. The minimum Gasteiger partial charge on any atom is -0.492 e. The second kappa shape index (κ2) is 9.39. The maximum Gasteiger partial charge on any atom is 0.303 e. The van der Waals surface area contributed by atoms with Gasteiger partial charge >= 0.3 is 5.97 Å². The molecular weight excluding hydrogens is 242 g/mol. The number of ether oxygens (including phenoxy) is 1. The third kappa shape index (κ3) is 8.21. The minimum absolute atomic E-state index is 0.262. The molecule has 0 bridgehead atoms. The first-order chi connectivity index (χ1) is 9.18. The molecule has 0 heterocycles. The molecule has 2 N–H and O–H groups in total. The predicted molar refractivity (Wildman–Crippen MR) is 75.5 cm³/mol. The van der Waals surface area contributed by atoms with Gasteiger partial charge in [-0.1, -0.05) is 25.1 Å². The summed E-state index contributed by atoms with van der Waals surface area (Å²) in [5.74, 6) is 0.619. The van der Waals surface area contributed by atoms with Gasteiger partial charge in [0.25, 0.3) is 0 Å². The van der Waals surface area contributed by atoms with Crippen molar-refractivity contribution < 1.29 is 14.6 Å². The molecule has 0 spiro atoms. The second-order valence-corrected chi connectivity index (χ2v) is 4.74. The van der Waals surface area contributed by atoms with E-state index in [0.29, 0.717) is 12.5 Å². The van der Waals surface area contributed by atoms with Gasteiger partial charge in [-0.3, -0.25) is 4.79 Å². The standard InChI is InChI=1S/C15H23NO3/c1-13(7-8-15(17)18)9-10-16-11-12-19-14-5-3-2-4-6-14/h2-6,13,16H,7-12H2,1H3,(H,17,18). The number of carboxylic acids is 1. The van der Waals surface area contributed by atoms with Gasteiger partial charge in [-0.05, 0) is 37.4 Å². The molecule has 4 heteroatoms. The minimum atomic E-state index is -0.712. The van der Waals surface area contributed by atoms with Gasteiger partial charge in [-0.25, -0.2) is 0 Å². The van der Waals surface area contributed by atoms with E-state index in [9.17, 15) is 4.79 Å². The molecule has 0 amide bonds. The molecule has 0 aliphatic carbocycles. The Bertz CT molecular complexity index is 354. The van der Waals surface area contributed by atoms with E-state index in [4.69, 9.17) is 9.84 Å². The Balaban J connectivity index is 1.95. The summed E-state index contributed by atoms with van der Waals surface area (Å²) in [6.45, 7) is 4.44. The van der Waals surface area contributed by atoms with Crippen LogP contribution in [0.2, 0.25) is 0 Å². The van der Waals surface area contributed by atoms with E-state index in [2.05, 4.69) is 12.2 Å². The van der Waals surface area contributed by atoms with Gasteiger partial charge in [0.05, 0.1) is 0 Å². The topological polar surface area (TPSA) is 58.6 Å². The van der Waals surface area contributed by atoms with Gasteiger partial charge in [0.2, 0.25) is 0 Å². The fraction of sp³-hybridized carbons (Fsp3) is 0.533. The highest BCUT2D eigenvalue weighted by molar-refractivity contribution is 5.66. The quantitative estimate of drug-likeness (QED) is 0.638. The number of carboxylic acid groups (broad SMARTS) is 1. The number of nitrogens with one attached hydrogen (secondary N) is 1. The maximum atomic E-state index is 10.4. The van der Waals surface area contributed by atoms with Crippen molar-refractivity contribution in [3.8, 4) is 5.75 Å². The lowest BCUT2D eigenvalue weighted by Gasteiger charge is -2.11. The fourth-order valence-corrected chi connectivity index (χ4v) is 1.75. The van der Waals surface area contributed by atoms with Gasteiger partial charge in [0.15, 0.2) is 0 Å². The van der Waals surface area contributed by atoms with Crippen molar-refractivity contribution in [2.24, 2.45) is 5.92 Å². The lowest BCUT2D eigenvalue weighted by molar-refractivity contribution is -0.137. The zero-order valence-corrected chi connectivity index (χ0v) is 11.5. The van der Waals surface area contributed by atoms with Crippen LogP contribution in [0.4, 0.5) is 0 Å². The van der Waals surface area contributed by atoms with Crippen LogP contribution in [-0.4, -0.2) is 30.8 Å². The number of rotatable bonds is 10. The van der Waals surface area contributed by atoms with Crippen molar-refractivity contribution in [1.82, 2.24) is 5.32 Å². The van der Waals surface area contributed by atoms with E-state index >= 15 is 0 Å². The first-order valence-electron chi connectivity index (χ1n) is 6.79. The van der Waals surface area contributed by atoms with Crippen molar-refractivity contribution >= 4 is 5.97 Å². The fourth-order valence-electron chi connectivity index (χ4n) is 1.75. The Kier molecular flexibility index (Phi) is 7.66. The summed E-state index contributed by atoms with van der Waals surface area (Å²) >= 11 is 0. The monoisotopic (exact) mass is 265 g/mol. The van der Waals surface area contributed by atoms with Gasteiger partial charge in [-0.2, -0.15) is 0 Å². The highest BCUT2D eigenvalue weighted by Crippen LogP contribution is 2.09. The summed E-state index contributed by atoms with van der Waals surface area (Å²) in [5, 5.41) is 11.9. The summed E-state index contributed by atoms with van der Waals surface area (Å²) in [7, 11) is 0. The third-order valence-electron chi connectivity index (χ3n) is 2.96. The number of carbonyl (C=O) groups is 1. The van der Waals surface area contributed by atoms with E-state index < -0.39 is 5.97 Å². The molecule has 0 saturated carbocycles. The van der Waals surface area contributed by atoms with Crippen molar-refractivity contribution in [3.05, 3.63) is 30.3 Å². The van der Waals surface area contributed by atoms with Crippen LogP contribution < -0.4 is 10.1 Å². The molecule has 0 aromatic heterocycles. The molecule has 0 fully saturated rings. The normalized spacial score (nSPS) is 12.1. The number of para-hydroxylation sites is 1. The van der Waals surface area contributed by atoms with Crippen LogP contribution in [0, 0.1) is 5.92 Å². The molecule has 0 saturated heterocycles. The van der Waals surface area contributed by atoms with Gasteiger partial charge < -0.3 is 15.2 Å². The lowest BCUT2D eigenvalue weighted by Crippen LogP contribution is -2.23. The number of hydrogen-bond acceptors (Lipinski definition) is 3. The van der Waals surface area contributed by atoms with Crippen molar-refractivity contribution in [2.45, 2.75) is 26.2 Å². The molecule has 1 unspecified atom stereocenters. The largest absolute Gasteiger partial charge is 0.492 e. The van der Waals surface area contributed by atoms with Crippen LogP contribution in [0.1, 0.15) is 26.2 Å². The van der Waals surface area contributed by atoms with Gasteiger partial charge in [0, 0.05) is 13.0 Å². The summed E-state index contributed by atoms with van der Waals surface area (Å²) in [4.78, 5) is 10.4. The second-order valence-electron chi connectivity index (χ2n) is 4.74. The highest BCUT2D eigenvalue weighted by atomic mass is 16.5. The molecular formula is C15H23NO3. The van der Waals surface area contributed by atoms with E-state index in [-0.39, 0.29) is 6.42 Å². The lowest BCUT2D eigenvalue weighted by atomic mass is 10.0. The highest BCUT2D eigenvalue weighted by Gasteiger charge is 2.04. The molecule has 1 aromatic rings. The SMILES string of the molecule is CC(CCNCCOc1ccccc1)CCC(=O)O. The first kappa shape index (κ1) is 15.5. The predicted octanol–water partition coefficient (Wildman–Crippen LogP) is 2.55. The Morgan fingerprint density at radius 1 is 1.26 bits per heavy atom. The molecule has 19 heavy (non-hydrogen) atoms. The van der Waals surface area contributed by atoms with Crippen LogP contribution in [0.5, 0.6) is 5.75 Å². The van der Waals surface area contributed by atoms with E-state index in [1.807, 2.05) is 30.3 Å². The number of benzene rings is 1. The third-order valence-corrected chi connectivity index (χ3v) is 2.96. The van der Waals surface area contributed by atoms with Crippen LogP contribution in [0.15, 0.2) is 30.3 Å². The molecule has 1 atom stereocenters. The molecule has 0 aliphatic rings. The Hall–Kier alpha value is -1.55.